The lowest BCUT2D eigenvalue weighted by molar-refractivity contribution is 0.0734. The minimum absolute atomic E-state index is 0.00162. The number of carbonyl (C=O) groups excluding carboxylic acids is 2. The van der Waals surface area contributed by atoms with Gasteiger partial charge in [-0.3, -0.25) is 14.6 Å². The van der Waals surface area contributed by atoms with Crippen LogP contribution in [0.15, 0.2) is 73.1 Å². The van der Waals surface area contributed by atoms with Crippen LogP contribution in [0.5, 0.6) is 0 Å². The number of hydrogen-bond donors (Lipinski definition) is 1. The molecule has 0 bridgehead atoms. The Morgan fingerprint density at radius 1 is 0.893 bits per heavy atom. The van der Waals surface area contributed by atoms with Crippen LogP contribution >= 0.6 is 0 Å². The van der Waals surface area contributed by atoms with Crippen molar-refractivity contribution in [1.29, 1.82) is 0 Å². The molecule has 5 nitrogen and oxygen atoms in total. The summed E-state index contributed by atoms with van der Waals surface area (Å²) in [6.07, 6.45) is 4.26. The molecule has 0 unspecified atom stereocenters. The lowest BCUT2D eigenvalue weighted by atomic mass is 9.99. The van der Waals surface area contributed by atoms with E-state index in [-0.39, 0.29) is 11.8 Å². The molecule has 1 N–H and O–H groups in total. The van der Waals surface area contributed by atoms with Crippen LogP contribution in [0.25, 0.3) is 0 Å². The largest absolute Gasteiger partial charge is 0.348 e. The van der Waals surface area contributed by atoms with Crippen LogP contribution in [0.4, 0.5) is 0 Å². The average molecular weight is 371 g/mol. The van der Waals surface area contributed by atoms with Gasteiger partial charge in [-0.15, -0.1) is 0 Å². The summed E-state index contributed by atoms with van der Waals surface area (Å²) in [7, 11) is 0. The molecule has 28 heavy (non-hydrogen) atoms. The van der Waals surface area contributed by atoms with E-state index in [1.165, 1.54) is 11.1 Å². The highest BCUT2D eigenvalue weighted by atomic mass is 16.2. The third kappa shape index (κ3) is 3.93. The summed E-state index contributed by atoms with van der Waals surface area (Å²) in [4.78, 5) is 31.0. The molecule has 0 aliphatic carbocycles. The van der Waals surface area contributed by atoms with Gasteiger partial charge in [0.2, 0.25) is 0 Å². The zero-order valence-electron chi connectivity index (χ0n) is 15.5. The molecule has 0 radical (unpaired) electrons. The van der Waals surface area contributed by atoms with Gasteiger partial charge in [-0.25, -0.2) is 0 Å². The predicted octanol–water partition coefficient (Wildman–Crippen LogP) is 3.21. The third-order valence-electron chi connectivity index (χ3n) is 5.01. The van der Waals surface area contributed by atoms with Gasteiger partial charge in [0.1, 0.15) is 0 Å². The van der Waals surface area contributed by atoms with Crippen molar-refractivity contribution in [2.24, 2.45) is 0 Å². The Morgan fingerprint density at radius 2 is 1.57 bits per heavy atom. The minimum Gasteiger partial charge on any atom is -0.348 e. The summed E-state index contributed by atoms with van der Waals surface area (Å²) >= 11 is 0. The molecular weight excluding hydrogens is 350 g/mol. The maximum atomic E-state index is 12.8. The van der Waals surface area contributed by atoms with Crippen LogP contribution in [0.1, 0.15) is 37.4 Å². The monoisotopic (exact) mass is 371 g/mol. The Bertz CT molecular complexity index is 984. The van der Waals surface area contributed by atoms with E-state index >= 15 is 0 Å². The van der Waals surface area contributed by atoms with Crippen molar-refractivity contribution in [3.05, 3.63) is 101 Å². The summed E-state index contributed by atoms with van der Waals surface area (Å²) in [5.74, 6) is -0.166. The number of fused-ring (bicyclic) bond motifs is 1. The lowest BCUT2D eigenvalue weighted by Crippen LogP contribution is -2.35. The van der Waals surface area contributed by atoms with Gasteiger partial charge in [-0.1, -0.05) is 24.3 Å². The van der Waals surface area contributed by atoms with Crippen LogP contribution in [0.3, 0.4) is 0 Å². The fraction of sp³-hybridized carbons (Fsp3) is 0.174. The molecule has 3 aromatic rings. The highest BCUT2D eigenvalue weighted by Gasteiger charge is 2.21. The topological polar surface area (TPSA) is 62.3 Å². The number of rotatable bonds is 4. The molecule has 140 valence electrons. The van der Waals surface area contributed by atoms with Crippen molar-refractivity contribution in [1.82, 2.24) is 15.2 Å². The Kier molecular flexibility index (Phi) is 5.15. The van der Waals surface area contributed by atoms with Crippen molar-refractivity contribution < 1.29 is 9.59 Å². The lowest BCUT2D eigenvalue weighted by Gasteiger charge is -2.29. The van der Waals surface area contributed by atoms with Crippen molar-refractivity contribution in [3.8, 4) is 0 Å². The van der Waals surface area contributed by atoms with Gasteiger partial charge in [0.05, 0.1) is 0 Å². The van der Waals surface area contributed by atoms with Gasteiger partial charge < -0.3 is 10.2 Å². The number of amides is 2. The van der Waals surface area contributed by atoms with E-state index in [4.69, 9.17) is 0 Å². The van der Waals surface area contributed by atoms with E-state index in [9.17, 15) is 9.59 Å². The minimum atomic E-state index is -0.164. The number of hydrogen-bond acceptors (Lipinski definition) is 3. The first-order valence-electron chi connectivity index (χ1n) is 9.34. The van der Waals surface area contributed by atoms with Crippen molar-refractivity contribution >= 4 is 11.8 Å². The van der Waals surface area contributed by atoms with E-state index in [2.05, 4.69) is 22.4 Å². The quantitative estimate of drug-likeness (QED) is 0.766. The maximum Gasteiger partial charge on any atom is 0.254 e. The first kappa shape index (κ1) is 17.9. The summed E-state index contributed by atoms with van der Waals surface area (Å²) < 4.78 is 0. The summed E-state index contributed by atoms with van der Waals surface area (Å²) in [5, 5.41) is 2.88. The molecule has 4 rings (SSSR count). The molecule has 0 atom stereocenters. The van der Waals surface area contributed by atoms with Gasteiger partial charge in [0.15, 0.2) is 0 Å². The van der Waals surface area contributed by atoms with E-state index in [1.807, 2.05) is 29.2 Å². The molecule has 1 aliphatic rings. The van der Waals surface area contributed by atoms with Crippen LogP contribution in [-0.4, -0.2) is 28.2 Å². The van der Waals surface area contributed by atoms with Crippen LogP contribution in [-0.2, 0) is 19.5 Å². The number of carbonyl (C=O) groups is 2. The Morgan fingerprint density at radius 3 is 2.32 bits per heavy atom. The second-order valence-electron chi connectivity index (χ2n) is 6.86. The van der Waals surface area contributed by atoms with Gasteiger partial charge in [-0.05, 0) is 59.5 Å². The highest BCUT2D eigenvalue weighted by molar-refractivity contribution is 5.97. The van der Waals surface area contributed by atoms with Crippen molar-refractivity contribution in [3.63, 3.8) is 0 Å². The summed E-state index contributed by atoms with van der Waals surface area (Å²) in [6, 6.07) is 18.8. The normalized spacial score (nSPS) is 12.9. The molecule has 0 saturated heterocycles. The Balaban J connectivity index is 1.39. The molecule has 0 spiro atoms. The Labute approximate surface area is 164 Å². The number of aromatic nitrogens is 1. The van der Waals surface area contributed by atoms with Crippen LogP contribution in [0.2, 0.25) is 0 Å². The molecular formula is C23H21N3O2. The molecule has 1 aromatic heterocycles. The fourth-order valence-corrected chi connectivity index (χ4v) is 3.40. The SMILES string of the molecule is O=C(NCc1ccncc1)c1ccc(C(=O)N2CCc3ccccc3C2)cc1. The molecule has 2 aromatic carbocycles. The van der Waals surface area contributed by atoms with Gasteiger partial charge >= 0.3 is 0 Å². The van der Waals surface area contributed by atoms with Gasteiger partial charge in [0, 0.05) is 43.2 Å². The standard InChI is InChI=1S/C23H21N3O2/c27-22(25-15-17-9-12-24-13-10-17)19-5-7-20(8-6-19)23(28)26-14-11-18-3-1-2-4-21(18)16-26/h1-10,12-13H,11,14-16H2,(H,25,27). The van der Waals surface area contributed by atoms with Crippen molar-refractivity contribution in [2.45, 2.75) is 19.5 Å². The zero-order chi connectivity index (χ0) is 19.3. The average Bonchev–Trinajstić information content (AvgIpc) is 2.77. The number of pyridine rings is 1. The van der Waals surface area contributed by atoms with E-state index < -0.39 is 0 Å². The molecule has 2 amide bonds. The second kappa shape index (κ2) is 8.05. The fourth-order valence-electron chi connectivity index (χ4n) is 3.40. The van der Waals surface area contributed by atoms with Gasteiger partial charge in [0.25, 0.3) is 11.8 Å². The molecule has 0 fully saturated rings. The van der Waals surface area contributed by atoms with Gasteiger partial charge in [-0.2, -0.15) is 0 Å². The number of benzene rings is 2. The van der Waals surface area contributed by atoms with E-state index in [1.54, 1.807) is 36.7 Å². The number of nitrogens with zero attached hydrogens (tertiary/aromatic N) is 2. The predicted molar refractivity (Wildman–Crippen MR) is 107 cm³/mol. The Hall–Kier alpha value is -3.47. The smallest absolute Gasteiger partial charge is 0.254 e. The summed E-state index contributed by atoms with van der Waals surface area (Å²) in [6.45, 7) is 1.78. The van der Waals surface area contributed by atoms with E-state index in [0.29, 0.717) is 30.8 Å². The number of nitrogens with one attached hydrogen (secondary N) is 1. The second-order valence-corrected chi connectivity index (χ2v) is 6.86. The van der Waals surface area contributed by atoms with E-state index in [0.717, 1.165) is 12.0 Å². The zero-order valence-corrected chi connectivity index (χ0v) is 15.5. The molecule has 1 aliphatic heterocycles. The first-order chi connectivity index (χ1) is 13.7. The summed E-state index contributed by atoms with van der Waals surface area (Å²) in [5.41, 5.74) is 4.64. The first-order valence-corrected chi connectivity index (χ1v) is 9.34. The highest BCUT2D eigenvalue weighted by Crippen LogP contribution is 2.20. The van der Waals surface area contributed by atoms with Crippen LogP contribution < -0.4 is 5.32 Å². The maximum absolute atomic E-state index is 12.8. The third-order valence-corrected chi connectivity index (χ3v) is 5.01. The van der Waals surface area contributed by atoms with Crippen molar-refractivity contribution in [2.75, 3.05) is 6.54 Å². The molecule has 2 heterocycles. The molecule has 5 heteroatoms. The van der Waals surface area contributed by atoms with Crippen LogP contribution in [0, 0.1) is 0 Å². The molecule has 0 saturated carbocycles.